The first-order valence-corrected chi connectivity index (χ1v) is 3.58. The van der Waals surface area contributed by atoms with Crippen molar-refractivity contribution in [3.63, 3.8) is 0 Å². The van der Waals surface area contributed by atoms with Crippen molar-refractivity contribution in [1.82, 2.24) is 0 Å². The van der Waals surface area contributed by atoms with Crippen molar-refractivity contribution in [1.29, 1.82) is 0 Å². The Hall–Kier alpha value is -1.18. The lowest BCUT2D eigenvalue weighted by molar-refractivity contribution is 0.627. The van der Waals surface area contributed by atoms with Crippen LogP contribution < -0.4 is 0 Å². The van der Waals surface area contributed by atoms with Gasteiger partial charge in [-0.05, 0) is 24.6 Å². The lowest BCUT2D eigenvalue weighted by Gasteiger charge is -1.90. The fourth-order valence-corrected chi connectivity index (χ4v) is 0.784. The molecule has 0 radical (unpaired) electrons. The van der Waals surface area contributed by atoms with Crippen molar-refractivity contribution in [2.45, 2.75) is 6.92 Å². The molecule has 0 aliphatic carbocycles. The van der Waals surface area contributed by atoms with Crippen molar-refractivity contribution in [3.05, 3.63) is 35.6 Å². The average Bonchev–Trinajstić information content (AvgIpc) is 2.01. The summed E-state index contributed by atoms with van der Waals surface area (Å²) in [6.07, 6.45) is 1.67. The smallest absolute Gasteiger partial charge is 0.123 e. The number of benzene rings is 1. The van der Waals surface area contributed by atoms with Gasteiger partial charge in [-0.25, -0.2) is 4.39 Å². The zero-order valence-electron chi connectivity index (χ0n) is 6.42. The molecule has 0 unspecified atom stereocenters. The molecule has 1 aromatic carbocycles. The summed E-state index contributed by atoms with van der Waals surface area (Å²) in [5, 5.41) is 0. The third kappa shape index (κ3) is 2.50. The van der Waals surface area contributed by atoms with E-state index >= 15 is 0 Å². The van der Waals surface area contributed by atoms with Crippen molar-refractivity contribution >= 4 is 6.21 Å². The van der Waals surface area contributed by atoms with Crippen LogP contribution in [-0.4, -0.2) is 12.8 Å². The van der Waals surface area contributed by atoms with E-state index in [4.69, 9.17) is 0 Å². The molecule has 0 aliphatic rings. The molecule has 0 amide bonds. The molecule has 11 heavy (non-hydrogen) atoms. The fraction of sp³-hybridized carbons (Fsp3) is 0.222. The van der Waals surface area contributed by atoms with Crippen LogP contribution in [0.5, 0.6) is 0 Å². The molecule has 1 aromatic rings. The zero-order valence-corrected chi connectivity index (χ0v) is 6.42. The molecular formula is C9H10FN. The first kappa shape index (κ1) is 7.92. The largest absolute Gasteiger partial charge is 0.293 e. The molecule has 0 spiro atoms. The molecule has 0 N–H and O–H groups in total. The minimum absolute atomic E-state index is 0.218. The van der Waals surface area contributed by atoms with Gasteiger partial charge >= 0.3 is 0 Å². The lowest BCUT2D eigenvalue weighted by atomic mass is 10.2. The molecule has 1 rings (SSSR count). The van der Waals surface area contributed by atoms with Crippen LogP contribution in [0.1, 0.15) is 12.5 Å². The lowest BCUT2D eigenvalue weighted by Crippen LogP contribution is -1.82. The predicted octanol–water partition coefficient (Wildman–Crippen LogP) is 2.26. The summed E-state index contributed by atoms with van der Waals surface area (Å²) in [7, 11) is 0. The Balaban J connectivity index is 2.79. The van der Waals surface area contributed by atoms with Crippen molar-refractivity contribution < 1.29 is 4.39 Å². The molecule has 58 valence electrons. The molecule has 0 fully saturated rings. The molecular weight excluding hydrogens is 141 g/mol. The van der Waals surface area contributed by atoms with Gasteiger partial charge < -0.3 is 0 Å². The quantitative estimate of drug-likeness (QED) is 0.575. The molecule has 0 atom stereocenters. The number of halogens is 1. The van der Waals surface area contributed by atoms with Gasteiger partial charge in [-0.1, -0.05) is 12.1 Å². The van der Waals surface area contributed by atoms with Crippen LogP contribution in [-0.2, 0) is 0 Å². The van der Waals surface area contributed by atoms with Gasteiger partial charge in [0, 0.05) is 12.8 Å². The second-order valence-electron chi connectivity index (χ2n) is 2.18. The van der Waals surface area contributed by atoms with Crippen molar-refractivity contribution in [2.75, 3.05) is 6.54 Å². The van der Waals surface area contributed by atoms with E-state index in [0.717, 1.165) is 12.1 Å². The first-order chi connectivity index (χ1) is 5.33. The molecule has 0 saturated carbocycles. The highest BCUT2D eigenvalue weighted by Crippen LogP contribution is 2.00. The van der Waals surface area contributed by atoms with Gasteiger partial charge in [0.05, 0.1) is 0 Å². The molecule has 0 aliphatic heterocycles. The maximum atomic E-state index is 12.5. The Morgan fingerprint density at radius 2 is 2.36 bits per heavy atom. The highest BCUT2D eigenvalue weighted by Gasteiger charge is 1.88. The summed E-state index contributed by atoms with van der Waals surface area (Å²) in [5.74, 6) is -0.218. The summed E-state index contributed by atoms with van der Waals surface area (Å²) < 4.78 is 12.5. The minimum Gasteiger partial charge on any atom is -0.293 e. The van der Waals surface area contributed by atoms with E-state index in [2.05, 4.69) is 4.99 Å². The van der Waals surface area contributed by atoms with E-state index in [1.165, 1.54) is 12.1 Å². The average molecular weight is 151 g/mol. The van der Waals surface area contributed by atoms with Gasteiger partial charge in [-0.2, -0.15) is 0 Å². The SMILES string of the molecule is CCN=Cc1cccc(F)c1. The topological polar surface area (TPSA) is 12.4 Å². The predicted molar refractivity (Wildman–Crippen MR) is 44.5 cm³/mol. The summed E-state index contributed by atoms with van der Waals surface area (Å²) in [6.45, 7) is 2.67. The van der Waals surface area contributed by atoms with E-state index in [1.54, 1.807) is 12.3 Å². The van der Waals surface area contributed by atoms with Crippen LogP contribution in [0, 0.1) is 5.82 Å². The molecule has 1 nitrogen and oxygen atoms in total. The van der Waals surface area contributed by atoms with Crippen molar-refractivity contribution in [3.8, 4) is 0 Å². The fourth-order valence-electron chi connectivity index (χ4n) is 0.784. The molecule has 0 bridgehead atoms. The van der Waals surface area contributed by atoms with Gasteiger partial charge in [-0.15, -0.1) is 0 Å². The molecule has 0 saturated heterocycles. The van der Waals surface area contributed by atoms with Crippen molar-refractivity contribution in [2.24, 2.45) is 4.99 Å². The Kier molecular flexibility index (Phi) is 2.78. The standard InChI is InChI=1S/C9H10FN/c1-2-11-7-8-4-3-5-9(10)6-8/h3-7H,2H2,1H3. The number of nitrogens with zero attached hydrogens (tertiary/aromatic N) is 1. The van der Waals surface area contributed by atoms with Gasteiger partial charge in [0.1, 0.15) is 5.82 Å². The van der Waals surface area contributed by atoms with E-state index in [-0.39, 0.29) is 5.82 Å². The van der Waals surface area contributed by atoms with E-state index in [1.807, 2.05) is 13.0 Å². The van der Waals surface area contributed by atoms with Crippen LogP contribution in [0.15, 0.2) is 29.3 Å². The van der Waals surface area contributed by atoms with Crippen LogP contribution in [0.4, 0.5) is 4.39 Å². The Morgan fingerprint density at radius 1 is 1.55 bits per heavy atom. The number of rotatable bonds is 2. The van der Waals surface area contributed by atoms with E-state index < -0.39 is 0 Å². The molecule has 2 heteroatoms. The second-order valence-corrected chi connectivity index (χ2v) is 2.18. The number of aliphatic imine (C=N–C) groups is 1. The van der Waals surface area contributed by atoms with E-state index in [9.17, 15) is 4.39 Å². The first-order valence-electron chi connectivity index (χ1n) is 3.58. The molecule has 0 heterocycles. The summed E-state index contributed by atoms with van der Waals surface area (Å²) >= 11 is 0. The highest BCUT2D eigenvalue weighted by molar-refractivity contribution is 5.79. The van der Waals surface area contributed by atoms with Crippen LogP contribution >= 0.6 is 0 Å². The monoisotopic (exact) mass is 151 g/mol. The maximum absolute atomic E-state index is 12.5. The third-order valence-corrected chi connectivity index (χ3v) is 1.27. The number of hydrogen-bond acceptors (Lipinski definition) is 1. The maximum Gasteiger partial charge on any atom is 0.123 e. The summed E-state index contributed by atoms with van der Waals surface area (Å²) in [4.78, 5) is 3.99. The zero-order chi connectivity index (χ0) is 8.10. The van der Waals surface area contributed by atoms with Gasteiger partial charge in [-0.3, -0.25) is 4.99 Å². The summed E-state index contributed by atoms with van der Waals surface area (Å²) in [6, 6.07) is 6.37. The number of hydrogen-bond donors (Lipinski definition) is 0. The third-order valence-electron chi connectivity index (χ3n) is 1.27. The normalized spacial score (nSPS) is 10.7. The van der Waals surface area contributed by atoms with Crippen LogP contribution in [0.2, 0.25) is 0 Å². The van der Waals surface area contributed by atoms with Gasteiger partial charge in [0.2, 0.25) is 0 Å². The van der Waals surface area contributed by atoms with E-state index in [0.29, 0.717) is 0 Å². The van der Waals surface area contributed by atoms with Crippen LogP contribution in [0.3, 0.4) is 0 Å². The van der Waals surface area contributed by atoms with Crippen LogP contribution in [0.25, 0.3) is 0 Å². The second kappa shape index (κ2) is 3.86. The van der Waals surface area contributed by atoms with Gasteiger partial charge in [0.15, 0.2) is 0 Å². The Bertz CT molecular complexity index is 255. The highest BCUT2D eigenvalue weighted by atomic mass is 19.1. The van der Waals surface area contributed by atoms with Gasteiger partial charge in [0.25, 0.3) is 0 Å². The summed E-state index contributed by atoms with van der Waals surface area (Å²) in [5.41, 5.74) is 0.812. The molecule has 0 aromatic heterocycles. The Morgan fingerprint density at radius 3 is 3.00 bits per heavy atom. The minimum atomic E-state index is -0.218. The Labute approximate surface area is 65.6 Å².